The third-order valence-electron chi connectivity index (χ3n) is 6.71. The molecule has 2 aromatic rings. The zero-order valence-electron chi connectivity index (χ0n) is 19.1. The monoisotopic (exact) mass is 485 g/mol. The molecule has 2 atom stereocenters. The number of hydrogen-bond donors (Lipinski definition) is 5. The van der Waals surface area contributed by atoms with Crippen LogP contribution in [0.5, 0.6) is 0 Å². The van der Waals surface area contributed by atoms with E-state index in [2.05, 4.69) is 20.9 Å². The van der Waals surface area contributed by atoms with Crippen LogP contribution in [-0.2, 0) is 21.5 Å². The van der Waals surface area contributed by atoms with E-state index in [1.165, 1.54) is 11.6 Å². The first-order chi connectivity index (χ1) is 16.2. The zero-order chi connectivity index (χ0) is 24.6. The van der Waals surface area contributed by atoms with E-state index in [1.807, 2.05) is 0 Å². The Morgan fingerprint density at radius 3 is 2.53 bits per heavy atom. The summed E-state index contributed by atoms with van der Waals surface area (Å²) in [5.74, 6) is -0.692. The fraction of sp³-hybridized carbons (Fsp3) is 0.435. The number of nitrogens with two attached hydrogens (primary N) is 1. The summed E-state index contributed by atoms with van der Waals surface area (Å²) >= 11 is 6.51. The molecule has 0 radical (unpaired) electrons. The average molecular weight is 486 g/mol. The first-order valence-electron chi connectivity index (χ1n) is 11.2. The lowest BCUT2D eigenvalue weighted by Gasteiger charge is -2.27. The molecule has 1 aromatic heterocycles. The lowest BCUT2D eigenvalue weighted by molar-refractivity contribution is -0.127. The normalized spacial score (nSPS) is 21.3. The van der Waals surface area contributed by atoms with Crippen molar-refractivity contribution >= 4 is 35.1 Å². The van der Waals surface area contributed by atoms with Crippen molar-refractivity contribution in [2.75, 3.05) is 12.4 Å². The molecular formula is C23H28ClN7O3. The number of carbonyl (C=O) groups is 2. The molecule has 6 N–H and O–H groups in total. The minimum absolute atomic E-state index is 0.0302. The number of anilines is 1. The predicted octanol–water partition coefficient (Wildman–Crippen LogP) is 1.41. The van der Waals surface area contributed by atoms with Crippen molar-refractivity contribution in [1.29, 1.82) is 5.41 Å². The number of nitrogens with one attached hydrogen (secondary N) is 4. The number of aromatic nitrogens is 2. The smallest absolute Gasteiger partial charge is 0.294 e. The quantitative estimate of drug-likeness (QED) is 0.295. The van der Waals surface area contributed by atoms with E-state index in [0.29, 0.717) is 5.56 Å². The summed E-state index contributed by atoms with van der Waals surface area (Å²) in [7, 11) is 1.50. The highest BCUT2D eigenvalue weighted by atomic mass is 35.5. The van der Waals surface area contributed by atoms with Gasteiger partial charge in [0.15, 0.2) is 11.0 Å². The van der Waals surface area contributed by atoms with Crippen molar-refractivity contribution in [3.63, 3.8) is 0 Å². The summed E-state index contributed by atoms with van der Waals surface area (Å²) in [5, 5.41) is 16.1. The van der Waals surface area contributed by atoms with Crippen molar-refractivity contribution in [2.45, 2.75) is 56.7 Å². The Morgan fingerprint density at radius 1 is 1.29 bits per heavy atom. The number of amidine groups is 1. The molecule has 180 valence electrons. The lowest BCUT2D eigenvalue weighted by atomic mass is 9.83. The van der Waals surface area contributed by atoms with E-state index in [1.54, 1.807) is 31.2 Å². The molecule has 11 heteroatoms. The first-order valence-corrected chi connectivity index (χ1v) is 11.6. The fourth-order valence-electron chi connectivity index (χ4n) is 4.51. The third kappa shape index (κ3) is 4.13. The van der Waals surface area contributed by atoms with Crippen LogP contribution >= 0.6 is 11.6 Å². The highest BCUT2D eigenvalue weighted by Gasteiger charge is 2.51. The highest BCUT2D eigenvalue weighted by molar-refractivity contribution is 6.30. The van der Waals surface area contributed by atoms with Crippen LogP contribution in [0.3, 0.4) is 0 Å². The SMILES string of the molecule is CNC(=O)[C@]1(C)C[C@@H](C(=O)NCc2ccc(C(=N)N)cc2)n2c1c(Cl)nc(NC1CCC1)c2=O. The molecule has 0 unspecified atom stereocenters. The van der Waals surface area contributed by atoms with Gasteiger partial charge in [-0.25, -0.2) is 4.98 Å². The topological polar surface area (TPSA) is 155 Å². The summed E-state index contributed by atoms with van der Waals surface area (Å²) in [6, 6.07) is 6.15. The van der Waals surface area contributed by atoms with E-state index < -0.39 is 22.9 Å². The number of halogens is 1. The van der Waals surface area contributed by atoms with Crippen molar-refractivity contribution in [3.8, 4) is 0 Å². The standard InChI is InChI=1S/C23H28ClN7O3/c1-23(22(34)27-2)10-15(20(32)28-11-12-6-8-13(9-7-12)18(25)26)31-16(23)17(24)30-19(21(31)33)29-14-4-3-5-14/h6-9,14-15H,3-5,10-11H2,1-2H3,(H3,25,26)(H,27,34)(H,28,32)(H,29,30)/t15-,23+/m0/s1. The summed E-state index contributed by atoms with van der Waals surface area (Å²) in [5.41, 5.74) is 5.45. The number of nitrogen functional groups attached to an aromatic ring is 1. The Kier molecular flexibility index (Phi) is 6.35. The fourth-order valence-corrected chi connectivity index (χ4v) is 4.90. The Morgan fingerprint density at radius 2 is 1.97 bits per heavy atom. The number of likely N-dealkylation sites (N-methyl/N-ethyl adjacent to an activating group) is 1. The van der Waals surface area contributed by atoms with Gasteiger partial charge in [0.05, 0.1) is 11.1 Å². The summed E-state index contributed by atoms with van der Waals surface area (Å²) in [6.45, 7) is 1.87. The van der Waals surface area contributed by atoms with Gasteiger partial charge in [0.2, 0.25) is 11.8 Å². The summed E-state index contributed by atoms with van der Waals surface area (Å²) in [4.78, 5) is 43.8. The Labute approximate surface area is 201 Å². The molecule has 4 rings (SSSR count). The van der Waals surface area contributed by atoms with Crippen LogP contribution in [0.15, 0.2) is 29.1 Å². The van der Waals surface area contributed by atoms with Crippen LogP contribution in [-0.4, -0.2) is 40.3 Å². The van der Waals surface area contributed by atoms with Crippen LogP contribution in [0.2, 0.25) is 5.15 Å². The number of fused-ring (bicyclic) bond motifs is 1. The Balaban J connectivity index is 1.65. The average Bonchev–Trinajstić information content (AvgIpc) is 3.12. The molecule has 0 saturated heterocycles. The number of nitrogens with zero attached hydrogens (tertiary/aromatic N) is 2. The molecule has 10 nitrogen and oxygen atoms in total. The second kappa shape index (κ2) is 9.09. The van der Waals surface area contributed by atoms with Crippen LogP contribution in [0.1, 0.15) is 55.5 Å². The third-order valence-corrected chi connectivity index (χ3v) is 6.98. The van der Waals surface area contributed by atoms with E-state index >= 15 is 0 Å². The van der Waals surface area contributed by atoms with Crippen molar-refractivity contribution in [1.82, 2.24) is 20.2 Å². The number of benzene rings is 1. The maximum atomic E-state index is 13.4. The first kappa shape index (κ1) is 23.7. The van der Waals surface area contributed by atoms with Crippen LogP contribution in [0.25, 0.3) is 0 Å². The minimum atomic E-state index is -1.20. The number of hydrogen-bond acceptors (Lipinski definition) is 6. The molecule has 0 bridgehead atoms. The largest absolute Gasteiger partial charge is 0.384 e. The predicted molar refractivity (Wildman–Crippen MR) is 129 cm³/mol. The van der Waals surface area contributed by atoms with Gasteiger partial charge >= 0.3 is 0 Å². The van der Waals surface area contributed by atoms with Gasteiger partial charge in [0.1, 0.15) is 11.9 Å². The molecule has 1 aromatic carbocycles. The van der Waals surface area contributed by atoms with Crippen LogP contribution in [0.4, 0.5) is 5.82 Å². The molecule has 1 saturated carbocycles. The second-order valence-corrected chi connectivity index (χ2v) is 9.36. The van der Waals surface area contributed by atoms with Gasteiger partial charge in [-0.05, 0) is 38.2 Å². The molecule has 2 amide bonds. The van der Waals surface area contributed by atoms with E-state index in [0.717, 1.165) is 24.8 Å². The van der Waals surface area contributed by atoms with Gasteiger partial charge < -0.3 is 21.7 Å². The number of carbonyl (C=O) groups excluding carboxylic acids is 2. The minimum Gasteiger partial charge on any atom is -0.384 e. The maximum Gasteiger partial charge on any atom is 0.294 e. The van der Waals surface area contributed by atoms with E-state index in [-0.39, 0.29) is 47.4 Å². The maximum absolute atomic E-state index is 13.4. The van der Waals surface area contributed by atoms with E-state index in [9.17, 15) is 14.4 Å². The molecule has 2 heterocycles. The van der Waals surface area contributed by atoms with Crippen molar-refractivity contribution in [2.24, 2.45) is 5.73 Å². The molecule has 1 aliphatic heterocycles. The summed E-state index contributed by atoms with van der Waals surface area (Å²) < 4.78 is 1.32. The van der Waals surface area contributed by atoms with Gasteiger partial charge in [0.25, 0.3) is 5.56 Å². The zero-order valence-corrected chi connectivity index (χ0v) is 19.8. The van der Waals surface area contributed by atoms with Crippen molar-refractivity contribution < 1.29 is 9.59 Å². The second-order valence-electron chi connectivity index (χ2n) is 9.01. The van der Waals surface area contributed by atoms with Crippen LogP contribution in [0, 0.1) is 5.41 Å². The lowest BCUT2D eigenvalue weighted by Crippen LogP contribution is -2.40. The number of amides is 2. The Hall–Kier alpha value is -3.40. The molecular weight excluding hydrogens is 458 g/mol. The highest BCUT2D eigenvalue weighted by Crippen LogP contribution is 2.43. The van der Waals surface area contributed by atoms with Gasteiger partial charge in [-0.2, -0.15) is 0 Å². The van der Waals surface area contributed by atoms with Crippen LogP contribution < -0.4 is 27.2 Å². The summed E-state index contributed by atoms with van der Waals surface area (Å²) in [6.07, 6.45) is 3.02. The van der Waals surface area contributed by atoms with Gasteiger partial charge in [0, 0.05) is 25.2 Å². The molecule has 1 aliphatic carbocycles. The molecule has 0 spiro atoms. The van der Waals surface area contributed by atoms with Crippen molar-refractivity contribution in [3.05, 3.63) is 56.6 Å². The van der Waals surface area contributed by atoms with E-state index in [4.69, 9.17) is 22.7 Å². The molecule has 2 aliphatic rings. The molecule has 1 fully saturated rings. The Bertz CT molecular complexity index is 1210. The number of rotatable bonds is 7. The van der Waals surface area contributed by atoms with Gasteiger partial charge in [-0.1, -0.05) is 35.9 Å². The van der Waals surface area contributed by atoms with Gasteiger partial charge in [-0.15, -0.1) is 0 Å². The molecule has 34 heavy (non-hydrogen) atoms. The van der Waals surface area contributed by atoms with Gasteiger partial charge in [-0.3, -0.25) is 24.4 Å².